The highest BCUT2D eigenvalue weighted by Crippen LogP contribution is 2.36. The monoisotopic (exact) mass is 319 g/mol. The van der Waals surface area contributed by atoms with Gasteiger partial charge < -0.3 is 14.4 Å². The molecule has 0 saturated carbocycles. The molecule has 0 aliphatic carbocycles. The Morgan fingerprint density at radius 1 is 1.32 bits per heavy atom. The zero-order chi connectivity index (χ0) is 14.9. The summed E-state index contributed by atoms with van der Waals surface area (Å²) in [7, 11) is 0. The van der Waals surface area contributed by atoms with Gasteiger partial charge in [-0.1, -0.05) is 17.4 Å². The van der Waals surface area contributed by atoms with Crippen LogP contribution in [0.25, 0.3) is 10.2 Å². The first-order valence-corrected chi connectivity index (χ1v) is 8.76. The number of anilines is 1. The number of aromatic nitrogens is 1. The van der Waals surface area contributed by atoms with E-state index in [1.54, 1.807) is 11.3 Å². The number of fused-ring (bicyclic) bond motifs is 1. The number of morpholine rings is 1. The van der Waals surface area contributed by atoms with Crippen LogP contribution >= 0.6 is 11.3 Å². The van der Waals surface area contributed by atoms with Crippen LogP contribution in [0.2, 0.25) is 0 Å². The van der Waals surface area contributed by atoms with Gasteiger partial charge in [0.05, 0.1) is 24.5 Å². The van der Waals surface area contributed by atoms with Gasteiger partial charge in [-0.05, 0) is 19.1 Å². The van der Waals surface area contributed by atoms with Crippen molar-refractivity contribution in [2.24, 2.45) is 0 Å². The minimum atomic E-state index is 0.655. The Labute approximate surface area is 134 Å². The van der Waals surface area contributed by atoms with Crippen molar-refractivity contribution in [2.75, 3.05) is 50.9 Å². The van der Waals surface area contributed by atoms with Crippen LogP contribution in [0.15, 0.2) is 18.2 Å². The molecule has 0 bridgehead atoms. The fourth-order valence-electron chi connectivity index (χ4n) is 3.10. The van der Waals surface area contributed by atoms with Crippen molar-refractivity contribution in [1.29, 1.82) is 0 Å². The van der Waals surface area contributed by atoms with Gasteiger partial charge in [-0.25, -0.2) is 4.98 Å². The summed E-state index contributed by atoms with van der Waals surface area (Å²) in [6.07, 6.45) is 0. The van der Waals surface area contributed by atoms with Crippen LogP contribution in [-0.2, 0) is 4.74 Å². The van der Waals surface area contributed by atoms with Crippen LogP contribution in [0.4, 0.5) is 5.13 Å². The maximum absolute atomic E-state index is 5.68. The van der Waals surface area contributed by atoms with Gasteiger partial charge in [-0.3, -0.25) is 4.90 Å². The zero-order valence-corrected chi connectivity index (χ0v) is 13.6. The lowest BCUT2D eigenvalue weighted by atomic mass is 10.1. The highest BCUT2D eigenvalue weighted by molar-refractivity contribution is 7.22. The Kier molecular flexibility index (Phi) is 3.90. The van der Waals surface area contributed by atoms with Crippen LogP contribution in [0.3, 0.4) is 0 Å². The zero-order valence-electron chi connectivity index (χ0n) is 12.8. The lowest BCUT2D eigenvalue weighted by Crippen LogP contribution is -2.61. The van der Waals surface area contributed by atoms with E-state index in [1.807, 2.05) is 19.1 Å². The second-order valence-corrected chi connectivity index (χ2v) is 6.75. The molecule has 0 radical (unpaired) electrons. The molecule has 1 aromatic heterocycles. The molecular weight excluding hydrogens is 298 g/mol. The van der Waals surface area contributed by atoms with Gasteiger partial charge >= 0.3 is 0 Å². The van der Waals surface area contributed by atoms with Crippen LogP contribution < -0.4 is 9.64 Å². The van der Waals surface area contributed by atoms with E-state index in [9.17, 15) is 0 Å². The first-order chi connectivity index (χ1) is 10.8. The standard InChI is InChI=1S/C16H21N3O2S/c1-2-21-13-4-3-5-14-15(13)17-16(22-14)19-10-12(11-19)18-6-8-20-9-7-18/h3-5,12H,2,6-11H2,1H3. The van der Waals surface area contributed by atoms with Crippen molar-refractivity contribution < 1.29 is 9.47 Å². The Bertz CT molecular complexity index is 648. The van der Waals surface area contributed by atoms with Crippen LogP contribution in [0.5, 0.6) is 5.75 Å². The SMILES string of the molecule is CCOc1cccc2sc(N3CC(N4CCOCC4)C3)nc12. The molecule has 118 valence electrons. The number of ether oxygens (including phenoxy) is 2. The average molecular weight is 319 g/mol. The van der Waals surface area contributed by atoms with Crippen molar-refractivity contribution >= 4 is 26.7 Å². The summed E-state index contributed by atoms with van der Waals surface area (Å²) >= 11 is 1.76. The number of nitrogens with zero attached hydrogens (tertiary/aromatic N) is 3. The van der Waals surface area contributed by atoms with E-state index in [-0.39, 0.29) is 0 Å². The van der Waals surface area contributed by atoms with Crippen LogP contribution in [-0.4, -0.2) is 61.9 Å². The van der Waals surface area contributed by atoms with Gasteiger partial charge in [-0.2, -0.15) is 0 Å². The Hall–Kier alpha value is -1.37. The molecule has 2 fully saturated rings. The summed E-state index contributed by atoms with van der Waals surface area (Å²) < 4.78 is 12.3. The van der Waals surface area contributed by atoms with Crippen LogP contribution in [0, 0.1) is 0 Å². The predicted molar refractivity (Wildman–Crippen MR) is 89.2 cm³/mol. The fraction of sp³-hybridized carbons (Fsp3) is 0.562. The summed E-state index contributed by atoms with van der Waals surface area (Å²) in [6.45, 7) is 8.70. The quantitative estimate of drug-likeness (QED) is 0.864. The molecule has 2 saturated heterocycles. The molecule has 1 aromatic carbocycles. The molecule has 0 spiro atoms. The van der Waals surface area contributed by atoms with Gasteiger partial charge in [0.1, 0.15) is 11.3 Å². The molecule has 5 nitrogen and oxygen atoms in total. The largest absolute Gasteiger partial charge is 0.492 e. The van der Waals surface area contributed by atoms with Gasteiger partial charge in [0, 0.05) is 32.2 Å². The Morgan fingerprint density at radius 3 is 2.91 bits per heavy atom. The van der Waals surface area contributed by atoms with Crippen molar-refractivity contribution in [1.82, 2.24) is 9.88 Å². The Morgan fingerprint density at radius 2 is 2.14 bits per heavy atom. The van der Waals surface area contributed by atoms with E-state index in [0.29, 0.717) is 12.6 Å². The number of para-hydroxylation sites is 1. The predicted octanol–water partition coefficient (Wildman–Crippen LogP) is 2.22. The molecule has 6 heteroatoms. The summed E-state index contributed by atoms with van der Waals surface area (Å²) in [5.74, 6) is 0.896. The summed E-state index contributed by atoms with van der Waals surface area (Å²) in [5, 5.41) is 1.12. The first-order valence-electron chi connectivity index (χ1n) is 7.94. The normalized spacial score (nSPS) is 20.3. The molecule has 0 amide bonds. The summed E-state index contributed by atoms with van der Waals surface area (Å²) in [4.78, 5) is 9.73. The fourth-order valence-corrected chi connectivity index (χ4v) is 4.11. The second kappa shape index (κ2) is 6.02. The number of rotatable bonds is 4. The topological polar surface area (TPSA) is 37.8 Å². The van der Waals surface area contributed by atoms with E-state index >= 15 is 0 Å². The minimum absolute atomic E-state index is 0.655. The van der Waals surface area contributed by atoms with E-state index in [4.69, 9.17) is 14.5 Å². The van der Waals surface area contributed by atoms with E-state index in [1.165, 1.54) is 4.70 Å². The highest BCUT2D eigenvalue weighted by Gasteiger charge is 2.34. The molecule has 22 heavy (non-hydrogen) atoms. The lowest BCUT2D eigenvalue weighted by Gasteiger charge is -2.46. The molecule has 3 heterocycles. The molecule has 0 atom stereocenters. The average Bonchev–Trinajstić information content (AvgIpc) is 2.92. The molecular formula is C16H21N3O2S. The number of thiazole rings is 1. The van der Waals surface area contributed by atoms with Crippen molar-refractivity contribution in [3.63, 3.8) is 0 Å². The van der Waals surface area contributed by atoms with E-state index in [0.717, 1.165) is 55.8 Å². The van der Waals surface area contributed by atoms with E-state index < -0.39 is 0 Å². The maximum Gasteiger partial charge on any atom is 0.186 e. The van der Waals surface area contributed by atoms with E-state index in [2.05, 4.69) is 15.9 Å². The summed E-state index contributed by atoms with van der Waals surface area (Å²) in [6, 6.07) is 6.82. The molecule has 2 aliphatic rings. The van der Waals surface area contributed by atoms with Gasteiger partial charge in [0.2, 0.25) is 0 Å². The first kappa shape index (κ1) is 14.2. The smallest absolute Gasteiger partial charge is 0.186 e. The summed E-state index contributed by atoms with van der Waals surface area (Å²) in [5.41, 5.74) is 0.999. The molecule has 2 aromatic rings. The van der Waals surface area contributed by atoms with Gasteiger partial charge in [-0.15, -0.1) is 0 Å². The number of hydrogen-bond donors (Lipinski definition) is 0. The van der Waals surface area contributed by atoms with Crippen molar-refractivity contribution in [2.45, 2.75) is 13.0 Å². The molecule has 0 unspecified atom stereocenters. The third-order valence-electron chi connectivity index (χ3n) is 4.37. The molecule has 2 aliphatic heterocycles. The van der Waals surface area contributed by atoms with Crippen molar-refractivity contribution in [3.05, 3.63) is 18.2 Å². The highest BCUT2D eigenvalue weighted by atomic mass is 32.1. The maximum atomic E-state index is 5.68. The van der Waals surface area contributed by atoms with Crippen molar-refractivity contribution in [3.8, 4) is 5.75 Å². The minimum Gasteiger partial charge on any atom is -0.492 e. The number of hydrogen-bond acceptors (Lipinski definition) is 6. The Balaban J connectivity index is 1.47. The van der Waals surface area contributed by atoms with Gasteiger partial charge in [0.25, 0.3) is 0 Å². The second-order valence-electron chi connectivity index (χ2n) is 5.74. The third kappa shape index (κ3) is 2.55. The third-order valence-corrected chi connectivity index (χ3v) is 5.45. The molecule has 0 N–H and O–H groups in total. The molecule has 4 rings (SSSR count). The number of benzene rings is 1. The lowest BCUT2D eigenvalue weighted by molar-refractivity contribution is 0.0105. The van der Waals surface area contributed by atoms with Gasteiger partial charge in [0.15, 0.2) is 5.13 Å². The van der Waals surface area contributed by atoms with Crippen LogP contribution in [0.1, 0.15) is 6.92 Å².